The van der Waals surface area contributed by atoms with E-state index in [0.29, 0.717) is 5.56 Å². The fourth-order valence-corrected chi connectivity index (χ4v) is 3.37. The first kappa shape index (κ1) is 16.1. The first-order valence-corrected chi connectivity index (χ1v) is 8.51. The molecule has 0 saturated heterocycles. The quantitative estimate of drug-likeness (QED) is 0.436. The number of nitrogens with zero attached hydrogens (tertiary/aromatic N) is 2. The third kappa shape index (κ3) is 2.75. The molecule has 1 heterocycles. The number of nitrogens with one attached hydrogen (secondary N) is 1. The summed E-state index contributed by atoms with van der Waals surface area (Å²) in [6, 6.07) is 20.0. The Morgan fingerprint density at radius 1 is 1.00 bits per heavy atom. The summed E-state index contributed by atoms with van der Waals surface area (Å²) in [5, 5.41) is 7.28. The SMILES string of the molecule is Cc1ccc2ccccc2c1C(=O)N/N=C\c1cn(C)c2ccccc12. The lowest BCUT2D eigenvalue weighted by molar-refractivity contribution is 0.0956. The maximum atomic E-state index is 12.7. The van der Waals surface area contributed by atoms with Crippen LogP contribution < -0.4 is 5.43 Å². The van der Waals surface area contributed by atoms with Gasteiger partial charge >= 0.3 is 0 Å². The molecule has 0 fully saturated rings. The number of aryl methyl sites for hydroxylation is 2. The number of benzene rings is 3. The van der Waals surface area contributed by atoms with Crippen molar-refractivity contribution in [2.24, 2.45) is 12.1 Å². The zero-order chi connectivity index (χ0) is 18.1. The van der Waals surface area contributed by atoms with Crippen molar-refractivity contribution in [3.8, 4) is 0 Å². The Morgan fingerprint density at radius 2 is 1.73 bits per heavy atom. The summed E-state index contributed by atoms with van der Waals surface area (Å²) in [7, 11) is 2.00. The molecule has 4 heteroatoms. The van der Waals surface area contributed by atoms with Gasteiger partial charge in [0, 0.05) is 29.7 Å². The number of hydrogen-bond donors (Lipinski definition) is 1. The van der Waals surface area contributed by atoms with Crippen molar-refractivity contribution in [2.75, 3.05) is 0 Å². The van der Waals surface area contributed by atoms with Crippen LogP contribution in [-0.2, 0) is 7.05 Å². The van der Waals surface area contributed by atoms with E-state index in [1.165, 1.54) is 0 Å². The Hall–Kier alpha value is -3.40. The number of amides is 1. The molecule has 4 rings (SSSR count). The molecule has 4 aromatic rings. The zero-order valence-corrected chi connectivity index (χ0v) is 14.7. The van der Waals surface area contributed by atoms with E-state index in [2.05, 4.69) is 16.6 Å². The van der Waals surface area contributed by atoms with Gasteiger partial charge in [-0.05, 0) is 29.3 Å². The maximum absolute atomic E-state index is 12.7. The standard InChI is InChI=1S/C22H19N3O/c1-15-11-12-16-7-3-4-9-19(16)21(15)22(26)24-23-13-17-14-25(2)20-10-6-5-8-18(17)20/h3-14H,1-2H3,(H,24,26)/b23-13-. The van der Waals surface area contributed by atoms with E-state index in [0.717, 1.165) is 32.8 Å². The number of carbonyl (C=O) groups is 1. The van der Waals surface area contributed by atoms with Gasteiger partial charge in [0.1, 0.15) is 0 Å². The molecular weight excluding hydrogens is 322 g/mol. The monoisotopic (exact) mass is 341 g/mol. The normalized spacial score (nSPS) is 11.5. The number of rotatable bonds is 3. The molecule has 0 aliphatic carbocycles. The number of para-hydroxylation sites is 1. The van der Waals surface area contributed by atoms with Gasteiger partial charge in [-0.25, -0.2) is 5.43 Å². The van der Waals surface area contributed by atoms with Crippen LogP contribution in [0.5, 0.6) is 0 Å². The number of hydrazone groups is 1. The van der Waals surface area contributed by atoms with Gasteiger partial charge in [0.2, 0.25) is 0 Å². The molecule has 4 nitrogen and oxygen atoms in total. The third-order valence-corrected chi connectivity index (χ3v) is 4.66. The summed E-state index contributed by atoms with van der Waals surface area (Å²) in [5.74, 6) is -0.198. The third-order valence-electron chi connectivity index (χ3n) is 4.66. The van der Waals surface area contributed by atoms with E-state index < -0.39 is 0 Å². The van der Waals surface area contributed by atoms with Crippen LogP contribution in [0.25, 0.3) is 21.7 Å². The molecule has 0 aliphatic heterocycles. The highest BCUT2D eigenvalue weighted by Gasteiger charge is 2.12. The first-order chi connectivity index (χ1) is 12.6. The Bertz CT molecular complexity index is 1150. The Balaban J connectivity index is 1.63. The van der Waals surface area contributed by atoms with Gasteiger partial charge in [-0.15, -0.1) is 0 Å². The molecule has 1 amide bonds. The van der Waals surface area contributed by atoms with Crippen molar-refractivity contribution in [2.45, 2.75) is 6.92 Å². The van der Waals surface area contributed by atoms with Crippen LogP contribution in [0.4, 0.5) is 0 Å². The van der Waals surface area contributed by atoms with Gasteiger partial charge in [-0.1, -0.05) is 54.6 Å². The fraction of sp³-hybridized carbons (Fsp3) is 0.0909. The van der Waals surface area contributed by atoms with Crippen molar-refractivity contribution in [3.05, 3.63) is 83.6 Å². The van der Waals surface area contributed by atoms with Gasteiger partial charge < -0.3 is 4.57 Å². The summed E-state index contributed by atoms with van der Waals surface area (Å²) in [6.45, 7) is 1.94. The van der Waals surface area contributed by atoms with Crippen molar-refractivity contribution >= 4 is 33.8 Å². The molecule has 0 atom stereocenters. The minimum atomic E-state index is -0.198. The second-order valence-electron chi connectivity index (χ2n) is 6.39. The highest BCUT2D eigenvalue weighted by molar-refractivity contribution is 6.08. The van der Waals surface area contributed by atoms with Gasteiger partial charge in [0.15, 0.2) is 0 Å². The molecule has 26 heavy (non-hydrogen) atoms. The van der Waals surface area contributed by atoms with Crippen molar-refractivity contribution < 1.29 is 4.79 Å². The highest BCUT2D eigenvalue weighted by Crippen LogP contribution is 2.22. The topological polar surface area (TPSA) is 46.4 Å². The predicted octanol–water partition coefficient (Wildman–Crippen LogP) is 4.40. The highest BCUT2D eigenvalue weighted by atomic mass is 16.2. The molecular formula is C22H19N3O. The van der Waals surface area contributed by atoms with Crippen LogP contribution in [0.1, 0.15) is 21.5 Å². The van der Waals surface area contributed by atoms with Crippen molar-refractivity contribution in [1.82, 2.24) is 9.99 Å². The van der Waals surface area contributed by atoms with Crippen molar-refractivity contribution in [1.29, 1.82) is 0 Å². The van der Waals surface area contributed by atoms with Gasteiger partial charge in [0.25, 0.3) is 5.91 Å². The van der Waals surface area contributed by atoms with Gasteiger partial charge in [0.05, 0.1) is 11.8 Å². The lowest BCUT2D eigenvalue weighted by Gasteiger charge is -2.08. The minimum Gasteiger partial charge on any atom is -0.350 e. The first-order valence-electron chi connectivity index (χ1n) is 8.51. The van der Waals surface area contributed by atoms with E-state index in [-0.39, 0.29) is 5.91 Å². The largest absolute Gasteiger partial charge is 0.350 e. The Kier molecular flexibility index (Phi) is 4.01. The average Bonchev–Trinajstić information content (AvgIpc) is 2.98. The van der Waals surface area contributed by atoms with E-state index in [1.54, 1.807) is 6.21 Å². The van der Waals surface area contributed by atoms with E-state index in [4.69, 9.17) is 0 Å². The number of carbonyl (C=O) groups excluding carboxylic acids is 1. The van der Waals surface area contributed by atoms with Crippen LogP contribution in [0.15, 0.2) is 72.0 Å². The summed E-state index contributed by atoms with van der Waals surface area (Å²) in [5.41, 5.74) is 6.37. The average molecular weight is 341 g/mol. The second-order valence-corrected chi connectivity index (χ2v) is 6.39. The molecule has 3 aromatic carbocycles. The Labute approximate surface area is 151 Å². The van der Waals surface area contributed by atoms with E-state index in [9.17, 15) is 4.79 Å². The van der Waals surface area contributed by atoms with Crippen molar-refractivity contribution in [3.63, 3.8) is 0 Å². The molecule has 0 spiro atoms. The molecule has 0 unspecified atom stereocenters. The predicted molar refractivity (Wildman–Crippen MR) is 107 cm³/mol. The Morgan fingerprint density at radius 3 is 2.58 bits per heavy atom. The summed E-state index contributed by atoms with van der Waals surface area (Å²) < 4.78 is 2.05. The van der Waals surface area contributed by atoms with Crippen LogP contribution in [-0.4, -0.2) is 16.7 Å². The second kappa shape index (κ2) is 6.48. The molecule has 0 saturated carbocycles. The zero-order valence-electron chi connectivity index (χ0n) is 14.7. The lowest BCUT2D eigenvalue weighted by Crippen LogP contribution is -2.19. The summed E-state index contributed by atoms with van der Waals surface area (Å²) in [4.78, 5) is 12.7. The molecule has 1 aromatic heterocycles. The van der Waals surface area contributed by atoms with E-state index >= 15 is 0 Å². The molecule has 0 radical (unpaired) electrons. The number of hydrogen-bond acceptors (Lipinski definition) is 2. The summed E-state index contributed by atoms with van der Waals surface area (Å²) >= 11 is 0. The number of aromatic nitrogens is 1. The maximum Gasteiger partial charge on any atom is 0.272 e. The molecule has 0 aliphatic rings. The van der Waals surface area contributed by atoms with Crippen LogP contribution in [0.2, 0.25) is 0 Å². The molecule has 128 valence electrons. The molecule has 1 N–H and O–H groups in total. The van der Waals surface area contributed by atoms with Gasteiger partial charge in [-0.3, -0.25) is 4.79 Å². The van der Waals surface area contributed by atoms with Crippen LogP contribution >= 0.6 is 0 Å². The fourth-order valence-electron chi connectivity index (χ4n) is 3.37. The lowest BCUT2D eigenvalue weighted by atomic mass is 9.99. The van der Waals surface area contributed by atoms with Gasteiger partial charge in [-0.2, -0.15) is 5.10 Å². The van der Waals surface area contributed by atoms with Crippen LogP contribution in [0.3, 0.4) is 0 Å². The summed E-state index contributed by atoms with van der Waals surface area (Å²) in [6.07, 6.45) is 3.70. The minimum absolute atomic E-state index is 0.198. The number of fused-ring (bicyclic) bond motifs is 2. The van der Waals surface area contributed by atoms with Crippen LogP contribution in [0, 0.1) is 6.92 Å². The smallest absolute Gasteiger partial charge is 0.272 e. The van der Waals surface area contributed by atoms with E-state index in [1.807, 2.05) is 79.3 Å². The molecule has 0 bridgehead atoms.